The van der Waals surface area contributed by atoms with Crippen molar-refractivity contribution in [2.45, 2.75) is 57.5 Å². The normalized spacial score (nSPS) is 17.9. The first kappa shape index (κ1) is 11.2. The Morgan fingerprint density at radius 2 is 1.82 bits per heavy atom. The fourth-order valence-electron chi connectivity index (χ4n) is 1.12. The first-order chi connectivity index (χ1) is 4.89. The van der Waals surface area contributed by atoms with Crippen LogP contribution in [-0.2, 0) is 10.8 Å². The van der Waals surface area contributed by atoms with Crippen molar-refractivity contribution in [1.29, 1.82) is 0 Å². The van der Waals surface area contributed by atoms with Gasteiger partial charge in [0.1, 0.15) is 0 Å². The van der Waals surface area contributed by atoms with Crippen LogP contribution in [0.15, 0.2) is 0 Å². The van der Waals surface area contributed by atoms with Crippen LogP contribution in [0.25, 0.3) is 0 Å². The van der Waals surface area contributed by atoms with E-state index in [1.54, 1.807) is 0 Å². The molecule has 2 atom stereocenters. The van der Waals surface area contributed by atoms with E-state index >= 15 is 0 Å². The summed E-state index contributed by atoms with van der Waals surface area (Å²) in [5.74, 6) is 0. The first-order valence-corrected chi connectivity index (χ1v) is 5.51. The molecule has 0 heterocycles. The quantitative estimate of drug-likeness (QED) is 0.646. The minimum Gasteiger partial charge on any atom is -0.259 e. The lowest BCUT2D eigenvalue weighted by atomic mass is 10.2. The molecule has 0 aromatic carbocycles. The highest BCUT2D eigenvalue weighted by Gasteiger charge is 2.23. The van der Waals surface area contributed by atoms with Crippen LogP contribution < -0.4 is 0 Å². The third kappa shape index (κ3) is 3.90. The average Bonchev–Trinajstić information content (AvgIpc) is 1.85. The fraction of sp³-hybridized carbons (Fsp3) is 1.00. The van der Waals surface area contributed by atoms with Gasteiger partial charge < -0.3 is 0 Å². The maximum atomic E-state index is 11.7. The van der Waals surface area contributed by atoms with Crippen molar-refractivity contribution >= 4 is 10.8 Å². The summed E-state index contributed by atoms with van der Waals surface area (Å²) in [6.45, 7) is 10.3. The largest absolute Gasteiger partial charge is 0.259 e. The molecule has 0 fully saturated rings. The molecule has 0 aliphatic rings. The molecule has 0 aliphatic carbocycles. The van der Waals surface area contributed by atoms with Crippen molar-refractivity contribution in [3.8, 4) is 0 Å². The zero-order valence-corrected chi connectivity index (χ0v) is 9.12. The maximum Gasteiger partial charge on any atom is 0.0377 e. The summed E-state index contributed by atoms with van der Waals surface area (Å²) >= 11 is 0. The molecule has 0 saturated carbocycles. The summed E-state index contributed by atoms with van der Waals surface area (Å²) in [7, 11) is -0.682. The zero-order valence-electron chi connectivity index (χ0n) is 8.31. The molecule has 0 rings (SSSR count). The predicted molar refractivity (Wildman–Crippen MR) is 52.3 cm³/mol. The minimum absolute atomic E-state index is 0.0470. The summed E-state index contributed by atoms with van der Waals surface area (Å²) in [6, 6.07) is 0. The van der Waals surface area contributed by atoms with Gasteiger partial charge in [-0.1, -0.05) is 20.3 Å². The Balaban J connectivity index is 4.03. The van der Waals surface area contributed by atoms with Crippen LogP contribution in [0.1, 0.15) is 47.5 Å². The van der Waals surface area contributed by atoms with Crippen LogP contribution in [0.5, 0.6) is 0 Å². The van der Waals surface area contributed by atoms with E-state index in [4.69, 9.17) is 0 Å². The van der Waals surface area contributed by atoms with Crippen LogP contribution in [0.3, 0.4) is 0 Å². The van der Waals surface area contributed by atoms with Gasteiger partial charge >= 0.3 is 0 Å². The van der Waals surface area contributed by atoms with Gasteiger partial charge in [-0.05, 0) is 27.2 Å². The summed E-state index contributed by atoms with van der Waals surface area (Å²) in [4.78, 5) is 0. The molecule has 1 nitrogen and oxygen atoms in total. The van der Waals surface area contributed by atoms with E-state index in [0.717, 1.165) is 12.8 Å². The van der Waals surface area contributed by atoms with Gasteiger partial charge in [0.05, 0.1) is 0 Å². The molecule has 0 aromatic rings. The van der Waals surface area contributed by atoms with E-state index in [0.29, 0.717) is 5.25 Å². The molecule has 0 amide bonds. The molecule has 0 saturated heterocycles. The maximum absolute atomic E-state index is 11.7. The van der Waals surface area contributed by atoms with E-state index in [2.05, 4.69) is 13.8 Å². The Morgan fingerprint density at radius 3 is 2.09 bits per heavy atom. The molecule has 2 heteroatoms. The van der Waals surface area contributed by atoms with Gasteiger partial charge in [0, 0.05) is 20.8 Å². The Bertz CT molecular complexity index is 135. The van der Waals surface area contributed by atoms with Crippen molar-refractivity contribution in [3.05, 3.63) is 0 Å². The number of rotatable bonds is 3. The molecule has 0 aliphatic heterocycles. The first-order valence-electron chi connectivity index (χ1n) is 4.30. The van der Waals surface area contributed by atoms with E-state index < -0.39 is 10.8 Å². The van der Waals surface area contributed by atoms with Crippen LogP contribution >= 0.6 is 0 Å². The second kappa shape index (κ2) is 4.24. The van der Waals surface area contributed by atoms with Gasteiger partial charge in [-0.15, -0.1) is 0 Å². The lowest BCUT2D eigenvalue weighted by Gasteiger charge is -2.22. The molecule has 68 valence electrons. The van der Waals surface area contributed by atoms with Crippen LogP contribution in [-0.4, -0.2) is 14.2 Å². The molecule has 2 unspecified atom stereocenters. The summed E-state index contributed by atoms with van der Waals surface area (Å²) in [5, 5.41) is 0.347. The van der Waals surface area contributed by atoms with Gasteiger partial charge in [-0.2, -0.15) is 0 Å². The summed E-state index contributed by atoms with van der Waals surface area (Å²) in [6.07, 6.45) is 2.20. The molecular formula is C9H20OS. The molecule has 0 spiro atoms. The Kier molecular flexibility index (Phi) is 4.30. The van der Waals surface area contributed by atoms with Crippen molar-refractivity contribution in [1.82, 2.24) is 0 Å². The van der Waals surface area contributed by atoms with Crippen molar-refractivity contribution in [3.63, 3.8) is 0 Å². The van der Waals surface area contributed by atoms with Gasteiger partial charge in [-0.3, -0.25) is 4.21 Å². The number of hydrogen-bond acceptors (Lipinski definition) is 1. The van der Waals surface area contributed by atoms with E-state index in [9.17, 15) is 4.21 Å². The Labute approximate surface area is 73.0 Å². The van der Waals surface area contributed by atoms with Crippen molar-refractivity contribution < 1.29 is 4.21 Å². The van der Waals surface area contributed by atoms with Gasteiger partial charge in [0.15, 0.2) is 0 Å². The Morgan fingerprint density at radius 1 is 1.36 bits per heavy atom. The third-order valence-electron chi connectivity index (χ3n) is 1.66. The highest BCUT2D eigenvalue weighted by atomic mass is 32.2. The van der Waals surface area contributed by atoms with Gasteiger partial charge in [0.2, 0.25) is 0 Å². The van der Waals surface area contributed by atoms with Crippen LogP contribution in [0.4, 0.5) is 0 Å². The predicted octanol–water partition coefficient (Wildman–Crippen LogP) is 2.72. The third-order valence-corrected chi connectivity index (χ3v) is 3.84. The molecular weight excluding hydrogens is 156 g/mol. The molecule has 0 aromatic heterocycles. The SMILES string of the molecule is CCCC(C)S(=O)C(C)(C)C. The minimum atomic E-state index is -0.682. The molecule has 0 N–H and O–H groups in total. The highest BCUT2D eigenvalue weighted by molar-refractivity contribution is 7.87. The van der Waals surface area contributed by atoms with Crippen LogP contribution in [0, 0.1) is 0 Å². The van der Waals surface area contributed by atoms with E-state index in [-0.39, 0.29) is 4.75 Å². The zero-order chi connectivity index (χ0) is 9.07. The highest BCUT2D eigenvalue weighted by Crippen LogP contribution is 2.18. The lowest BCUT2D eigenvalue weighted by Crippen LogP contribution is -2.29. The van der Waals surface area contributed by atoms with Gasteiger partial charge in [-0.25, -0.2) is 0 Å². The molecule has 0 radical (unpaired) electrons. The topological polar surface area (TPSA) is 17.1 Å². The average molecular weight is 176 g/mol. The lowest BCUT2D eigenvalue weighted by molar-refractivity contribution is 0.627. The van der Waals surface area contributed by atoms with Crippen molar-refractivity contribution in [2.75, 3.05) is 0 Å². The summed E-state index contributed by atoms with van der Waals surface area (Å²) < 4.78 is 11.6. The monoisotopic (exact) mass is 176 g/mol. The molecule has 0 bridgehead atoms. The van der Waals surface area contributed by atoms with Gasteiger partial charge in [0.25, 0.3) is 0 Å². The van der Waals surface area contributed by atoms with E-state index in [1.165, 1.54) is 0 Å². The number of hydrogen-bond donors (Lipinski definition) is 0. The fourth-order valence-corrected chi connectivity index (χ4v) is 2.77. The second-order valence-corrected chi connectivity index (χ2v) is 6.63. The summed E-state index contributed by atoms with van der Waals surface area (Å²) in [5.41, 5.74) is 0. The van der Waals surface area contributed by atoms with Crippen molar-refractivity contribution in [2.24, 2.45) is 0 Å². The van der Waals surface area contributed by atoms with Crippen LogP contribution in [0.2, 0.25) is 0 Å². The smallest absolute Gasteiger partial charge is 0.0377 e. The standard InChI is InChI=1S/C9H20OS/c1-6-7-8(2)11(10)9(3,4)5/h8H,6-7H2,1-5H3. The molecule has 11 heavy (non-hydrogen) atoms. The second-order valence-electron chi connectivity index (χ2n) is 4.01. The van der Waals surface area contributed by atoms with E-state index in [1.807, 2.05) is 20.8 Å². The Hall–Kier alpha value is 0.150.